The summed E-state index contributed by atoms with van der Waals surface area (Å²) in [5.74, 6) is 0.599. The highest BCUT2D eigenvalue weighted by Crippen LogP contribution is 2.35. The van der Waals surface area contributed by atoms with Crippen LogP contribution in [0.25, 0.3) is 0 Å². The van der Waals surface area contributed by atoms with Crippen molar-refractivity contribution in [3.05, 3.63) is 53.1 Å². The Morgan fingerprint density at radius 3 is 2.54 bits per heavy atom. The number of benzene rings is 2. The zero-order valence-electron chi connectivity index (χ0n) is 12.7. The van der Waals surface area contributed by atoms with Crippen LogP contribution >= 0.6 is 11.6 Å². The first-order valence-electron chi connectivity index (χ1n) is 7.30. The van der Waals surface area contributed by atoms with Gasteiger partial charge in [0, 0.05) is 11.6 Å². The lowest BCUT2D eigenvalue weighted by molar-refractivity contribution is -0.274. The molecule has 1 heterocycles. The van der Waals surface area contributed by atoms with E-state index in [2.05, 4.69) is 15.0 Å². The summed E-state index contributed by atoms with van der Waals surface area (Å²) in [6, 6.07) is 11.2. The molecule has 0 aromatic heterocycles. The largest absolute Gasteiger partial charge is 0.573 e. The van der Waals surface area contributed by atoms with Crippen molar-refractivity contribution in [1.82, 2.24) is 0 Å². The molecule has 1 N–H and O–H groups in total. The third-order valence-electron chi connectivity index (χ3n) is 3.66. The Hall–Kier alpha value is -2.21. The second kappa shape index (κ2) is 6.36. The molecule has 0 bridgehead atoms. The highest BCUT2D eigenvalue weighted by molar-refractivity contribution is 6.33. The molecule has 0 amide bonds. The molecule has 24 heavy (non-hydrogen) atoms. The molecule has 7 heteroatoms. The Labute approximate surface area is 142 Å². The smallest absolute Gasteiger partial charge is 0.406 e. The van der Waals surface area contributed by atoms with Gasteiger partial charge in [-0.3, -0.25) is 0 Å². The molecule has 126 valence electrons. The van der Waals surface area contributed by atoms with Crippen molar-refractivity contribution in [1.29, 1.82) is 0 Å². The van der Waals surface area contributed by atoms with Gasteiger partial charge < -0.3 is 10.1 Å². The van der Waals surface area contributed by atoms with E-state index in [9.17, 15) is 13.2 Å². The molecule has 1 aliphatic rings. The van der Waals surface area contributed by atoms with Gasteiger partial charge in [0.05, 0.1) is 10.7 Å². The fraction of sp³-hybridized carbons (Fsp3) is 0.235. The molecule has 3 rings (SSSR count). The molecular weight excluding hydrogens is 341 g/mol. The minimum absolute atomic E-state index is 0.141. The number of nitrogens with one attached hydrogen (secondary N) is 1. The van der Waals surface area contributed by atoms with E-state index in [1.807, 2.05) is 19.1 Å². The van der Waals surface area contributed by atoms with E-state index in [4.69, 9.17) is 11.6 Å². The first-order chi connectivity index (χ1) is 11.3. The second-order valence-electron chi connectivity index (χ2n) is 5.55. The second-order valence-corrected chi connectivity index (χ2v) is 5.95. The zero-order valence-corrected chi connectivity index (χ0v) is 13.4. The van der Waals surface area contributed by atoms with Crippen LogP contribution in [0.4, 0.5) is 24.5 Å². The number of anilines is 1. The summed E-state index contributed by atoms with van der Waals surface area (Å²) in [5, 5.41) is 3.72. The quantitative estimate of drug-likeness (QED) is 0.764. The molecular formula is C17H14ClF3N2O. The van der Waals surface area contributed by atoms with Crippen LogP contribution in [0.2, 0.25) is 5.02 Å². The summed E-state index contributed by atoms with van der Waals surface area (Å²) in [6.45, 7) is 2.02. The highest BCUT2D eigenvalue weighted by atomic mass is 35.5. The molecule has 0 saturated heterocycles. The summed E-state index contributed by atoms with van der Waals surface area (Å²) < 4.78 is 40.4. The molecule has 2 aromatic carbocycles. The molecule has 1 unspecified atom stereocenters. The van der Waals surface area contributed by atoms with Gasteiger partial charge in [0.2, 0.25) is 0 Å². The Bertz CT molecular complexity index is 772. The number of nitrogens with zero attached hydrogens (tertiary/aromatic N) is 1. The molecule has 1 atom stereocenters. The summed E-state index contributed by atoms with van der Waals surface area (Å²) in [4.78, 5) is 4.57. The predicted octanol–water partition coefficient (Wildman–Crippen LogP) is 5.57. The van der Waals surface area contributed by atoms with E-state index >= 15 is 0 Å². The Balaban J connectivity index is 1.79. The van der Waals surface area contributed by atoms with Crippen LogP contribution in [0, 0.1) is 5.92 Å². The van der Waals surface area contributed by atoms with Gasteiger partial charge in [-0.2, -0.15) is 0 Å². The maximum Gasteiger partial charge on any atom is 0.573 e. The number of aliphatic imine (C=N–C) groups is 1. The molecule has 3 nitrogen and oxygen atoms in total. The number of ether oxygens (including phenoxy) is 1. The van der Waals surface area contributed by atoms with E-state index in [0.717, 1.165) is 23.5 Å². The van der Waals surface area contributed by atoms with Crippen molar-refractivity contribution in [2.75, 3.05) is 5.32 Å². The number of rotatable bonds is 2. The van der Waals surface area contributed by atoms with Gasteiger partial charge >= 0.3 is 6.36 Å². The van der Waals surface area contributed by atoms with Crippen molar-refractivity contribution in [2.45, 2.75) is 19.7 Å². The number of para-hydroxylation sites is 1. The molecule has 0 spiro atoms. The van der Waals surface area contributed by atoms with Gasteiger partial charge in [-0.1, -0.05) is 30.7 Å². The van der Waals surface area contributed by atoms with E-state index < -0.39 is 6.36 Å². The fourth-order valence-electron chi connectivity index (χ4n) is 2.55. The summed E-state index contributed by atoms with van der Waals surface area (Å²) in [6.07, 6.45) is -3.91. The minimum atomic E-state index is -4.70. The van der Waals surface area contributed by atoms with Crippen molar-refractivity contribution in [2.24, 2.45) is 10.9 Å². The van der Waals surface area contributed by atoms with Gasteiger partial charge in [0.25, 0.3) is 0 Å². The standard InChI is InChI=1S/C17H14ClF3N2O/c1-10-9-11-3-2-4-14(18)15(11)23-16(10)22-12-5-7-13(8-6-12)24-17(19,20)21/h2-8,10H,9H2,1H3,(H,22,23). The van der Waals surface area contributed by atoms with E-state index in [1.54, 1.807) is 6.07 Å². The molecule has 0 aliphatic carbocycles. The molecule has 2 aromatic rings. The highest BCUT2D eigenvalue weighted by Gasteiger charge is 2.31. The van der Waals surface area contributed by atoms with Crippen LogP contribution in [0.1, 0.15) is 12.5 Å². The number of hydrogen-bond acceptors (Lipinski definition) is 3. The summed E-state index contributed by atoms with van der Waals surface area (Å²) in [7, 11) is 0. The Kier molecular flexibility index (Phi) is 4.41. The summed E-state index contributed by atoms with van der Waals surface area (Å²) in [5.41, 5.74) is 2.44. The van der Waals surface area contributed by atoms with Gasteiger partial charge in [0.1, 0.15) is 11.6 Å². The first-order valence-corrected chi connectivity index (χ1v) is 7.68. The SMILES string of the molecule is CC1Cc2cccc(Cl)c2N=C1Nc1ccc(OC(F)(F)F)cc1. The maximum absolute atomic E-state index is 12.2. The predicted molar refractivity (Wildman–Crippen MR) is 88.2 cm³/mol. The molecule has 1 aliphatic heterocycles. The van der Waals surface area contributed by atoms with Crippen LogP contribution in [0.5, 0.6) is 5.75 Å². The number of halogens is 4. The maximum atomic E-state index is 12.2. The van der Waals surface area contributed by atoms with Crippen LogP contribution in [0.3, 0.4) is 0 Å². The van der Waals surface area contributed by atoms with Crippen LogP contribution in [-0.4, -0.2) is 12.2 Å². The topological polar surface area (TPSA) is 33.6 Å². The van der Waals surface area contributed by atoms with Crippen molar-refractivity contribution in [3.63, 3.8) is 0 Å². The van der Waals surface area contributed by atoms with Crippen molar-refractivity contribution in [3.8, 4) is 5.75 Å². The van der Waals surface area contributed by atoms with Crippen LogP contribution in [-0.2, 0) is 6.42 Å². The average Bonchev–Trinajstić information content (AvgIpc) is 2.49. The van der Waals surface area contributed by atoms with E-state index in [-0.39, 0.29) is 11.7 Å². The minimum Gasteiger partial charge on any atom is -0.406 e. The lowest BCUT2D eigenvalue weighted by Gasteiger charge is -2.23. The number of hydrogen-bond donors (Lipinski definition) is 1. The zero-order chi connectivity index (χ0) is 17.3. The fourth-order valence-corrected chi connectivity index (χ4v) is 2.78. The number of amidine groups is 1. The molecule has 0 fully saturated rings. The molecule has 0 radical (unpaired) electrons. The van der Waals surface area contributed by atoms with Gasteiger partial charge in [-0.15, -0.1) is 13.2 Å². The van der Waals surface area contributed by atoms with E-state index in [1.165, 1.54) is 24.3 Å². The Morgan fingerprint density at radius 1 is 1.17 bits per heavy atom. The normalized spacial score (nSPS) is 17.0. The van der Waals surface area contributed by atoms with E-state index in [0.29, 0.717) is 10.7 Å². The average molecular weight is 355 g/mol. The summed E-state index contributed by atoms with van der Waals surface area (Å²) >= 11 is 6.18. The molecule has 0 saturated carbocycles. The third kappa shape index (κ3) is 3.82. The number of fused-ring (bicyclic) bond motifs is 1. The lowest BCUT2D eigenvalue weighted by Crippen LogP contribution is -2.25. The lowest BCUT2D eigenvalue weighted by atomic mass is 9.95. The van der Waals surface area contributed by atoms with Crippen LogP contribution in [0.15, 0.2) is 47.5 Å². The third-order valence-corrected chi connectivity index (χ3v) is 3.96. The van der Waals surface area contributed by atoms with Gasteiger partial charge in [-0.05, 0) is 42.3 Å². The first kappa shape index (κ1) is 16.6. The number of alkyl halides is 3. The van der Waals surface area contributed by atoms with Crippen molar-refractivity contribution < 1.29 is 17.9 Å². The Morgan fingerprint density at radius 2 is 1.88 bits per heavy atom. The van der Waals surface area contributed by atoms with Crippen molar-refractivity contribution >= 4 is 28.8 Å². The van der Waals surface area contributed by atoms with Gasteiger partial charge in [0.15, 0.2) is 0 Å². The monoisotopic (exact) mass is 354 g/mol. The van der Waals surface area contributed by atoms with Crippen LogP contribution < -0.4 is 10.1 Å². The van der Waals surface area contributed by atoms with Gasteiger partial charge in [-0.25, -0.2) is 4.99 Å².